The summed E-state index contributed by atoms with van der Waals surface area (Å²) in [6.07, 6.45) is 2.55. The monoisotopic (exact) mass is 410 g/mol. The first kappa shape index (κ1) is 21.0. The standard InChI is InChI=1S/C23H26N2O3S/c1-23(2,3)17-7-11-19(12-8-17)28-14-4-13-27-18-9-5-16(6-10-18)15-20-21(26)25-22(24)29-20/h5-12,15H,4,13-14H2,1-3H3,(H2,24,25,26). The first-order valence-corrected chi connectivity index (χ1v) is 10.4. The molecule has 0 aliphatic carbocycles. The summed E-state index contributed by atoms with van der Waals surface area (Å²) in [5.74, 6) is 1.42. The Balaban J connectivity index is 1.40. The Labute approximate surface area is 176 Å². The zero-order chi connectivity index (χ0) is 20.9. The van der Waals surface area contributed by atoms with Gasteiger partial charge in [-0.1, -0.05) is 45.0 Å². The van der Waals surface area contributed by atoms with Crippen LogP contribution in [0.25, 0.3) is 6.08 Å². The summed E-state index contributed by atoms with van der Waals surface area (Å²) in [5, 5.41) is 10.1. The van der Waals surface area contributed by atoms with Crippen LogP contribution in [0.4, 0.5) is 0 Å². The van der Waals surface area contributed by atoms with Crippen molar-refractivity contribution in [1.82, 2.24) is 5.32 Å². The van der Waals surface area contributed by atoms with Gasteiger partial charge in [-0.25, -0.2) is 0 Å². The fourth-order valence-electron chi connectivity index (χ4n) is 2.74. The number of thioether (sulfide) groups is 1. The summed E-state index contributed by atoms with van der Waals surface area (Å²) in [7, 11) is 0. The molecule has 0 atom stereocenters. The van der Waals surface area contributed by atoms with Gasteiger partial charge in [0.15, 0.2) is 5.17 Å². The molecule has 1 fully saturated rings. The molecule has 0 saturated carbocycles. The number of amidine groups is 1. The van der Waals surface area contributed by atoms with E-state index in [4.69, 9.17) is 14.9 Å². The highest BCUT2D eigenvalue weighted by Gasteiger charge is 2.22. The van der Waals surface area contributed by atoms with Crippen LogP contribution in [0.2, 0.25) is 0 Å². The third-order valence-corrected chi connectivity index (χ3v) is 5.22. The quantitative estimate of drug-likeness (QED) is 0.499. The Hall–Kier alpha value is -2.73. The van der Waals surface area contributed by atoms with Gasteiger partial charge >= 0.3 is 0 Å². The zero-order valence-electron chi connectivity index (χ0n) is 17.0. The zero-order valence-corrected chi connectivity index (χ0v) is 17.8. The molecule has 0 aromatic heterocycles. The number of benzene rings is 2. The molecular weight excluding hydrogens is 384 g/mol. The fraction of sp³-hybridized carbons (Fsp3) is 0.304. The lowest BCUT2D eigenvalue weighted by atomic mass is 9.87. The molecule has 0 radical (unpaired) electrons. The summed E-state index contributed by atoms with van der Waals surface area (Å²) in [4.78, 5) is 12.2. The lowest BCUT2D eigenvalue weighted by Gasteiger charge is -2.19. The molecule has 5 nitrogen and oxygen atoms in total. The maximum atomic E-state index is 11.6. The van der Waals surface area contributed by atoms with Crippen molar-refractivity contribution in [3.63, 3.8) is 0 Å². The molecule has 1 aliphatic heterocycles. The second-order valence-electron chi connectivity index (χ2n) is 7.79. The minimum atomic E-state index is -0.228. The van der Waals surface area contributed by atoms with Crippen molar-refractivity contribution >= 4 is 28.9 Å². The largest absolute Gasteiger partial charge is 0.493 e. The molecule has 0 spiro atoms. The minimum Gasteiger partial charge on any atom is -0.493 e. The van der Waals surface area contributed by atoms with Crippen LogP contribution < -0.4 is 14.8 Å². The molecule has 3 rings (SSSR count). The molecule has 152 valence electrons. The van der Waals surface area contributed by atoms with E-state index < -0.39 is 0 Å². The van der Waals surface area contributed by atoms with Crippen LogP contribution >= 0.6 is 11.8 Å². The Morgan fingerprint density at radius 2 is 1.52 bits per heavy atom. The van der Waals surface area contributed by atoms with E-state index in [-0.39, 0.29) is 16.5 Å². The van der Waals surface area contributed by atoms with Gasteiger partial charge in [-0.2, -0.15) is 0 Å². The number of amides is 1. The van der Waals surface area contributed by atoms with Crippen LogP contribution in [-0.4, -0.2) is 24.3 Å². The van der Waals surface area contributed by atoms with E-state index in [9.17, 15) is 4.79 Å². The molecule has 1 amide bonds. The number of ether oxygens (including phenoxy) is 2. The molecule has 1 saturated heterocycles. The van der Waals surface area contributed by atoms with Gasteiger partial charge in [0.1, 0.15) is 11.5 Å². The van der Waals surface area contributed by atoms with E-state index in [0.717, 1.165) is 35.2 Å². The van der Waals surface area contributed by atoms with Crippen LogP contribution in [0.5, 0.6) is 11.5 Å². The Bertz CT molecular complexity index is 897. The van der Waals surface area contributed by atoms with Gasteiger partial charge in [0.25, 0.3) is 5.91 Å². The van der Waals surface area contributed by atoms with Gasteiger partial charge in [0.2, 0.25) is 0 Å². The molecule has 2 aromatic carbocycles. The first-order valence-electron chi connectivity index (χ1n) is 9.57. The molecule has 0 unspecified atom stereocenters. The molecule has 0 bridgehead atoms. The minimum absolute atomic E-state index is 0.143. The third-order valence-electron chi connectivity index (χ3n) is 4.39. The van der Waals surface area contributed by atoms with Gasteiger partial charge in [0, 0.05) is 6.42 Å². The molecule has 1 aliphatic rings. The molecule has 1 heterocycles. The summed E-state index contributed by atoms with van der Waals surface area (Å²) < 4.78 is 11.5. The Kier molecular flexibility index (Phi) is 6.64. The molecule has 2 aromatic rings. The van der Waals surface area contributed by atoms with Crippen molar-refractivity contribution in [3.05, 3.63) is 64.6 Å². The van der Waals surface area contributed by atoms with E-state index >= 15 is 0 Å². The first-order chi connectivity index (χ1) is 13.8. The van der Waals surface area contributed by atoms with E-state index in [2.05, 4.69) is 38.2 Å². The van der Waals surface area contributed by atoms with Crippen molar-refractivity contribution in [3.8, 4) is 11.5 Å². The number of carbonyl (C=O) groups excluding carboxylic acids is 1. The van der Waals surface area contributed by atoms with Crippen molar-refractivity contribution in [2.75, 3.05) is 13.2 Å². The van der Waals surface area contributed by atoms with Crippen molar-refractivity contribution in [1.29, 1.82) is 5.41 Å². The lowest BCUT2D eigenvalue weighted by Crippen LogP contribution is -2.18. The number of hydrogen-bond donors (Lipinski definition) is 2. The smallest absolute Gasteiger partial charge is 0.264 e. The summed E-state index contributed by atoms with van der Waals surface area (Å²) in [6.45, 7) is 7.74. The lowest BCUT2D eigenvalue weighted by molar-refractivity contribution is -0.115. The highest BCUT2D eigenvalue weighted by atomic mass is 32.2. The Morgan fingerprint density at radius 3 is 2.00 bits per heavy atom. The van der Waals surface area contributed by atoms with Gasteiger partial charge in [-0.05, 0) is 58.6 Å². The van der Waals surface area contributed by atoms with Crippen LogP contribution in [0, 0.1) is 5.41 Å². The number of hydrogen-bond acceptors (Lipinski definition) is 5. The number of nitrogens with one attached hydrogen (secondary N) is 2. The molecule has 2 N–H and O–H groups in total. The highest BCUT2D eigenvalue weighted by molar-refractivity contribution is 8.18. The van der Waals surface area contributed by atoms with Gasteiger partial charge in [-0.15, -0.1) is 0 Å². The molecule has 6 heteroatoms. The topological polar surface area (TPSA) is 71.4 Å². The Morgan fingerprint density at radius 1 is 0.966 bits per heavy atom. The van der Waals surface area contributed by atoms with Crippen molar-refractivity contribution < 1.29 is 14.3 Å². The normalized spacial score (nSPS) is 15.5. The summed E-state index contributed by atoms with van der Waals surface area (Å²) >= 11 is 1.13. The van der Waals surface area contributed by atoms with Crippen LogP contribution in [0.3, 0.4) is 0 Å². The predicted molar refractivity (Wildman–Crippen MR) is 119 cm³/mol. The average Bonchev–Trinajstić information content (AvgIpc) is 2.99. The van der Waals surface area contributed by atoms with Crippen LogP contribution in [0.1, 0.15) is 38.3 Å². The maximum absolute atomic E-state index is 11.6. The second-order valence-corrected chi connectivity index (χ2v) is 8.84. The van der Waals surface area contributed by atoms with Gasteiger partial charge in [-0.3, -0.25) is 10.2 Å². The van der Waals surface area contributed by atoms with Gasteiger partial charge in [0.05, 0.1) is 18.1 Å². The SMILES string of the molecule is CC(C)(C)c1ccc(OCCCOc2ccc(C=C3SC(=N)NC3=O)cc2)cc1. The van der Waals surface area contributed by atoms with Crippen molar-refractivity contribution in [2.45, 2.75) is 32.6 Å². The number of rotatable bonds is 7. The van der Waals surface area contributed by atoms with Crippen LogP contribution in [0.15, 0.2) is 53.4 Å². The van der Waals surface area contributed by atoms with Crippen molar-refractivity contribution in [2.24, 2.45) is 0 Å². The molecular formula is C23H26N2O3S. The maximum Gasteiger partial charge on any atom is 0.264 e. The fourth-order valence-corrected chi connectivity index (χ4v) is 3.45. The van der Waals surface area contributed by atoms with Crippen LogP contribution in [-0.2, 0) is 10.2 Å². The average molecular weight is 411 g/mol. The number of carbonyl (C=O) groups is 1. The van der Waals surface area contributed by atoms with E-state index in [1.165, 1.54) is 5.56 Å². The predicted octanol–water partition coefficient (Wildman–Crippen LogP) is 4.97. The summed E-state index contributed by atoms with van der Waals surface area (Å²) in [6, 6.07) is 15.8. The summed E-state index contributed by atoms with van der Waals surface area (Å²) in [5.41, 5.74) is 2.33. The van der Waals surface area contributed by atoms with E-state index in [1.54, 1.807) is 6.08 Å². The van der Waals surface area contributed by atoms with Gasteiger partial charge < -0.3 is 14.8 Å². The van der Waals surface area contributed by atoms with E-state index in [1.807, 2.05) is 36.4 Å². The second kappa shape index (κ2) is 9.18. The highest BCUT2D eigenvalue weighted by Crippen LogP contribution is 2.26. The van der Waals surface area contributed by atoms with E-state index in [0.29, 0.717) is 18.1 Å². The molecule has 29 heavy (non-hydrogen) atoms. The third kappa shape index (κ3) is 6.12.